The number of hydrogen-bond acceptors (Lipinski definition) is 7. The molecule has 0 radical (unpaired) electrons. The minimum atomic E-state index is 0.603. The number of benzene rings is 7. The second kappa shape index (κ2) is 13.7. The molecule has 0 spiro atoms. The largest absolute Gasteiger partial charge is 0.245 e. The maximum atomic E-state index is 4.99. The first-order valence-corrected chi connectivity index (χ1v) is 19.6. The summed E-state index contributed by atoms with van der Waals surface area (Å²) in [6.45, 7) is 0. The number of pyridine rings is 1. The van der Waals surface area contributed by atoms with E-state index in [4.69, 9.17) is 29.9 Å². The van der Waals surface area contributed by atoms with Crippen molar-refractivity contribution >= 4 is 53.3 Å². The lowest BCUT2D eigenvalue weighted by Gasteiger charge is -2.10. The van der Waals surface area contributed by atoms with Gasteiger partial charge in [-0.05, 0) is 62.5 Å². The number of nitrogens with zero attached hydrogens (tertiary/aromatic N) is 6. The summed E-state index contributed by atoms with van der Waals surface area (Å²) >= 11 is 1.62. The zero-order valence-electron chi connectivity index (χ0n) is 30.4. The molecule has 0 saturated carbocycles. The van der Waals surface area contributed by atoms with E-state index in [1.165, 1.54) is 21.5 Å². The van der Waals surface area contributed by atoms with Gasteiger partial charge in [-0.1, -0.05) is 146 Å². The molecule has 4 aromatic heterocycles. The van der Waals surface area contributed by atoms with Gasteiger partial charge in [0, 0.05) is 39.4 Å². The summed E-state index contributed by atoms with van der Waals surface area (Å²) in [5, 5.41) is 5.92. The first kappa shape index (κ1) is 32.9. The maximum absolute atomic E-state index is 4.99. The van der Waals surface area contributed by atoms with E-state index in [9.17, 15) is 0 Å². The van der Waals surface area contributed by atoms with E-state index in [1.54, 1.807) is 17.7 Å². The summed E-state index contributed by atoms with van der Waals surface area (Å²) in [5.74, 6) is 1.85. The van der Waals surface area contributed by atoms with E-state index >= 15 is 0 Å². The second-order valence-electron chi connectivity index (χ2n) is 14.0. The Labute approximate surface area is 331 Å². The second-order valence-corrected chi connectivity index (χ2v) is 15.0. The minimum Gasteiger partial charge on any atom is -0.245 e. The summed E-state index contributed by atoms with van der Waals surface area (Å²) < 4.78 is 1.00. The molecule has 0 aliphatic carbocycles. The molecule has 0 unspecified atom stereocenters. The molecule has 0 fully saturated rings. The highest BCUT2D eigenvalue weighted by atomic mass is 32.1. The highest BCUT2D eigenvalue weighted by Crippen LogP contribution is 2.39. The normalized spacial score (nSPS) is 11.5. The van der Waals surface area contributed by atoms with Crippen molar-refractivity contribution in [2.45, 2.75) is 0 Å². The van der Waals surface area contributed by atoms with E-state index in [0.29, 0.717) is 17.5 Å². The molecule has 0 bridgehead atoms. The topological polar surface area (TPSA) is 77.3 Å². The molecule has 6 nitrogen and oxygen atoms in total. The van der Waals surface area contributed by atoms with Crippen molar-refractivity contribution in [2.24, 2.45) is 0 Å². The fourth-order valence-corrected chi connectivity index (χ4v) is 8.61. The summed E-state index contributed by atoms with van der Waals surface area (Å²) in [6.07, 6.45) is 3.62. The van der Waals surface area contributed by atoms with Crippen LogP contribution in [0.3, 0.4) is 0 Å². The van der Waals surface area contributed by atoms with Gasteiger partial charge in [0.1, 0.15) is 11.2 Å². The van der Waals surface area contributed by atoms with Crippen molar-refractivity contribution in [3.63, 3.8) is 0 Å². The first-order chi connectivity index (χ1) is 28.2. The molecule has 0 atom stereocenters. The Hall–Kier alpha value is -7.48. The smallest absolute Gasteiger partial charge is 0.164 e. The first-order valence-electron chi connectivity index (χ1n) is 18.7. The molecule has 11 rings (SSSR count). The van der Waals surface area contributed by atoms with Crippen LogP contribution in [0.15, 0.2) is 182 Å². The maximum Gasteiger partial charge on any atom is 0.164 e. The number of thiophene rings is 1. The quantitative estimate of drug-likeness (QED) is 0.158. The van der Waals surface area contributed by atoms with Gasteiger partial charge < -0.3 is 0 Å². The molecule has 4 heterocycles. The van der Waals surface area contributed by atoms with Crippen LogP contribution in [0.25, 0.3) is 110 Å². The molecule has 7 aromatic carbocycles. The van der Waals surface area contributed by atoms with Crippen LogP contribution in [-0.4, -0.2) is 29.9 Å². The van der Waals surface area contributed by atoms with Crippen LogP contribution in [0, 0.1) is 0 Å². The standard InChI is InChI=1S/C50H30N6S/c1-3-9-31(10-4-1)32-15-19-35(20-16-32)48-54-47(34-11-5-2-6-12-34)55-49(56-48)36-21-17-33(18-22-36)44-46-45(53-30-52-44)43-28-42(29-51-50(43)57-46)40-24-23-39-25-37-13-7-8-14-38(37)26-41(39)27-40/h1-30H. The third-order valence-corrected chi connectivity index (χ3v) is 11.6. The van der Waals surface area contributed by atoms with Gasteiger partial charge in [0.05, 0.1) is 15.9 Å². The van der Waals surface area contributed by atoms with E-state index in [-0.39, 0.29) is 0 Å². The Morgan fingerprint density at radius 1 is 0.351 bits per heavy atom. The summed E-state index contributed by atoms with van der Waals surface area (Å²) in [7, 11) is 0. The third kappa shape index (κ3) is 6.07. The van der Waals surface area contributed by atoms with Crippen LogP contribution in [0.5, 0.6) is 0 Å². The van der Waals surface area contributed by atoms with Crippen LogP contribution in [0.2, 0.25) is 0 Å². The summed E-state index contributed by atoms with van der Waals surface area (Å²) in [6, 6.07) is 58.9. The molecule has 7 heteroatoms. The number of fused-ring (bicyclic) bond motifs is 5. The number of hydrogen-bond donors (Lipinski definition) is 0. The van der Waals surface area contributed by atoms with E-state index in [2.05, 4.69) is 133 Å². The van der Waals surface area contributed by atoms with Crippen LogP contribution < -0.4 is 0 Å². The third-order valence-electron chi connectivity index (χ3n) is 10.5. The molecule has 0 N–H and O–H groups in total. The number of rotatable bonds is 6. The van der Waals surface area contributed by atoms with E-state index in [1.807, 2.05) is 42.6 Å². The van der Waals surface area contributed by atoms with Crippen LogP contribution >= 0.6 is 11.3 Å². The van der Waals surface area contributed by atoms with E-state index < -0.39 is 0 Å². The van der Waals surface area contributed by atoms with Crippen molar-refractivity contribution in [3.8, 4) is 67.7 Å². The Kier molecular flexibility index (Phi) is 7.89. The molecule has 57 heavy (non-hydrogen) atoms. The zero-order chi connectivity index (χ0) is 37.7. The Morgan fingerprint density at radius 3 is 1.53 bits per heavy atom. The monoisotopic (exact) mass is 746 g/mol. The van der Waals surface area contributed by atoms with Crippen LogP contribution in [-0.2, 0) is 0 Å². The van der Waals surface area contributed by atoms with Gasteiger partial charge in [0.2, 0.25) is 0 Å². The van der Waals surface area contributed by atoms with Crippen molar-refractivity contribution in [1.29, 1.82) is 0 Å². The zero-order valence-corrected chi connectivity index (χ0v) is 31.2. The lowest BCUT2D eigenvalue weighted by atomic mass is 9.99. The predicted molar refractivity (Wildman–Crippen MR) is 234 cm³/mol. The predicted octanol–water partition coefficient (Wildman–Crippen LogP) is 12.7. The van der Waals surface area contributed by atoms with Crippen LogP contribution in [0.4, 0.5) is 0 Å². The molecule has 0 amide bonds. The van der Waals surface area contributed by atoms with Gasteiger partial charge in [-0.15, -0.1) is 11.3 Å². The molecule has 0 aliphatic rings. The van der Waals surface area contributed by atoms with Crippen molar-refractivity contribution in [2.75, 3.05) is 0 Å². The van der Waals surface area contributed by atoms with Gasteiger partial charge in [-0.2, -0.15) is 0 Å². The fraction of sp³-hybridized carbons (Fsp3) is 0. The van der Waals surface area contributed by atoms with Gasteiger partial charge in [-0.25, -0.2) is 29.9 Å². The molecule has 266 valence electrons. The number of aromatic nitrogens is 6. The molecule has 0 saturated heterocycles. The Bertz CT molecular complexity index is 3270. The Morgan fingerprint density at radius 2 is 0.860 bits per heavy atom. The highest BCUT2D eigenvalue weighted by molar-refractivity contribution is 7.25. The average Bonchev–Trinajstić information content (AvgIpc) is 3.67. The SMILES string of the molecule is c1ccc(-c2ccc(-c3nc(-c4ccccc4)nc(-c4ccc(-c5ncnc6c5sc5ncc(-c7ccc8cc9ccccc9cc8c7)cc56)cc4)n3)cc2)cc1. The van der Waals surface area contributed by atoms with Crippen LogP contribution in [0.1, 0.15) is 0 Å². The lowest BCUT2D eigenvalue weighted by Crippen LogP contribution is -2.00. The van der Waals surface area contributed by atoms with Gasteiger partial charge in [0.25, 0.3) is 0 Å². The summed E-state index contributed by atoms with van der Waals surface area (Å²) in [5.41, 5.74) is 9.97. The molecular formula is C50H30N6S. The van der Waals surface area contributed by atoms with Crippen molar-refractivity contribution in [3.05, 3.63) is 182 Å². The molecule has 11 aromatic rings. The lowest BCUT2D eigenvalue weighted by molar-refractivity contribution is 1.07. The van der Waals surface area contributed by atoms with Gasteiger partial charge in [-0.3, -0.25) is 0 Å². The van der Waals surface area contributed by atoms with E-state index in [0.717, 1.165) is 70.6 Å². The highest BCUT2D eigenvalue weighted by Gasteiger charge is 2.17. The average molecular weight is 747 g/mol. The fourth-order valence-electron chi connectivity index (χ4n) is 7.52. The van der Waals surface area contributed by atoms with Gasteiger partial charge >= 0.3 is 0 Å². The van der Waals surface area contributed by atoms with Gasteiger partial charge in [0.15, 0.2) is 17.5 Å². The van der Waals surface area contributed by atoms with Crippen molar-refractivity contribution in [1.82, 2.24) is 29.9 Å². The minimum absolute atomic E-state index is 0.603. The summed E-state index contributed by atoms with van der Waals surface area (Å²) in [4.78, 5) is 30.3. The van der Waals surface area contributed by atoms with Crippen molar-refractivity contribution < 1.29 is 0 Å². The molecular weight excluding hydrogens is 717 g/mol. The Balaban J connectivity index is 0.943. The molecule has 0 aliphatic heterocycles.